The first-order valence-electron chi connectivity index (χ1n) is 3.94. The fraction of sp³-hybridized carbons (Fsp3) is 0.750. The predicted octanol–water partition coefficient (Wildman–Crippen LogP) is -1.31. The molecule has 0 aromatic carbocycles. The molecule has 0 spiro atoms. The van der Waals surface area contributed by atoms with E-state index in [1.807, 2.05) is 0 Å². The van der Waals surface area contributed by atoms with Crippen LogP contribution >= 0.6 is 0 Å². The number of carboxylic acid groups (broad SMARTS) is 2. The molecule has 0 aliphatic heterocycles. The average molecular weight is 183 g/mol. The van der Waals surface area contributed by atoms with E-state index in [-0.39, 0.29) is 23.0 Å². The second-order valence-electron chi connectivity index (χ2n) is 2.24. The molecule has 0 atom stereocenters. The van der Waals surface area contributed by atoms with E-state index >= 15 is 0 Å². The van der Waals surface area contributed by atoms with E-state index in [4.69, 9.17) is 0 Å². The fourth-order valence-electron chi connectivity index (χ4n) is 0.408. The number of aliphatic carboxylic acids is 2. The first-order valence-corrected chi connectivity index (χ1v) is 3.94. The van der Waals surface area contributed by atoms with Crippen molar-refractivity contribution in [3.63, 3.8) is 0 Å². The fourth-order valence-corrected chi connectivity index (χ4v) is 0.408. The van der Waals surface area contributed by atoms with Crippen LogP contribution in [-0.4, -0.2) is 22.1 Å². The second-order valence-corrected chi connectivity index (χ2v) is 2.24. The third kappa shape index (κ3) is 35.3. The van der Waals surface area contributed by atoms with E-state index in [0.29, 0.717) is 12.8 Å². The summed E-state index contributed by atoms with van der Waals surface area (Å²) >= 11 is 0. The normalized spacial score (nSPS) is 7.54. The molecule has 0 fully saturated rings. The topological polar surface area (TPSA) is 80.3 Å². The van der Waals surface area contributed by atoms with Crippen LogP contribution in [0.2, 0.25) is 0 Å². The molecule has 0 bridgehead atoms. The maximum Gasteiger partial charge on any atom is 2.00 e. The van der Waals surface area contributed by atoms with E-state index in [1.54, 1.807) is 13.8 Å². The van der Waals surface area contributed by atoms with Gasteiger partial charge in [-0.05, 0) is 12.8 Å². The molecular formula is C8H14BeO4. The Morgan fingerprint density at radius 1 is 0.923 bits per heavy atom. The maximum atomic E-state index is 9.49. The Hall–Kier alpha value is -0.891. The molecule has 0 saturated heterocycles. The van der Waals surface area contributed by atoms with Gasteiger partial charge in [0.25, 0.3) is 0 Å². The van der Waals surface area contributed by atoms with Crippen molar-refractivity contribution in [2.75, 3.05) is 0 Å². The minimum absolute atomic E-state index is 0. The van der Waals surface area contributed by atoms with Crippen molar-refractivity contribution in [2.45, 2.75) is 39.5 Å². The molecule has 5 heteroatoms. The van der Waals surface area contributed by atoms with Crippen LogP contribution in [0.25, 0.3) is 0 Å². The van der Waals surface area contributed by atoms with E-state index in [2.05, 4.69) is 0 Å². The van der Waals surface area contributed by atoms with E-state index in [0.717, 1.165) is 0 Å². The third-order valence-electron chi connectivity index (χ3n) is 0.908. The molecule has 0 unspecified atom stereocenters. The van der Waals surface area contributed by atoms with Crippen molar-refractivity contribution >= 4 is 22.1 Å². The second kappa shape index (κ2) is 13.7. The SMILES string of the molecule is CCCC(=O)[O-].CCCC(=O)[O-].[Be+2]. The van der Waals surface area contributed by atoms with Gasteiger partial charge in [0, 0.05) is 11.9 Å². The monoisotopic (exact) mass is 183 g/mol. The number of rotatable bonds is 4. The standard InChI is InChI=1S/2C4H8O2.Be/c2*1-2-3-4(5)6;/h2*2-3H2,1H3,(H,5,6);/q;;+2/p-2. The van der Waals surface area contributed by atoms with Crippen LogP contribution in [0.5, 0.6) is 0 Å². The summed E-state index contributed by atoms with van der Waals surface area (Å²) in [6, 6.07) is 0. The van der Waals surface area contributed by atoms with Gasteiger partial charge in [0.1, 0.15) is 0 Å². The Balaban J connectivity index is -0.000000143. The zero-order valence-corrected chi connectivity index (χ0v) is 8.17. The van der Waals surface area contributed by atoms with Gasteiger partial charge < -0.3 is 19.8 Å². The largest absolute Gasteiger partial charge is 2.00 e. The number of carbonyl (C=O) groups excluding carboxylic acids is 2. The number of hydrogen-bond donors (Lipinski definition) is 0. The van der Waals surface area contributed by atoms with Crippen LogP contribution in [-0.2, 0) is 9.59 Å². The number of hydrogen-bond acceptors (Lipinski definition) is 4. The van der Waals surface area contributed by atoms with Crippen LogP contribution in [0.3, 0.4) is 0 Å². The first kappa shape index (κ1) is 18.0. The molecule has 0 heterocycles. The van der Waals surface area contributed by atoms with Gasteiger partial charge in [-0.2, -0.15) is 0 Å². The first-order chi connectivity index (χ1) is 5.54. The van der Waals surface area contributed by atoms with Crippen molar-refractivity contribution in [1.29, 1.82) is 0 Å². The average Bonchev–Trinajstić information content (AvgIpc) is 1.87. The van der Waals surface area contributed by atoms with Crippen LogP contribution in [0.15, 0.2) is 0 Å². The van der Waals surface area contributed by atoms with Gasteiger partial charge in [0.15, 0.2) is 0 Å². The summed E-state index contributed by atoms with van der Waals surface area (Å²) in [7, 11) is 0. The molecule has 0 rings (SSSR count). The van der Waals surface area contributed by atoms with Crippen LogP contribution < -0.4 is 10.2 Å². The van der Waals surface area contributed by atoms with Crippen molar-refractivity contribution in [3.05, 3.63) is 0 Å². The maximum absolute atomic E-state index is 9.49. The Bertz CT molecular complexity index is 120. The molecule has 13 heavy (non-hydrogen) atoms. The van der Waals surface area contributed by atoms with Crippen molar-refractivity contribution in [3.8, 4) is 0 Å². The minimum Gasteiger partial charge on any atom is -0.550 e. The molecule has 0 aliphatic rings. The van der Waals surface area contributed by atoms with E-state index in [9.17, 15) is 19.8 Å². The van der Waals surface area contributed by atoms with Gasteiger partial charge in [-0.1, -0.05) is 26.7 Å². The van der Waals surface area contributed by atoms with Crippen molar-refractivity contribution in [1.82, 2.24) is 0 Å². The number of carbonyl (C=O) groups is 2. The summed E-state index contributed by atoms with van der Waals surface area (Å²) in [4.78, 5) is 19.0. The van der Waals surface area contributed by atoms with Gasteiger partial charge in [-0.25, -0.2) is 0 Å². The molecule has 4 nitrogen and oxygen atoms in total. The quantitative estimate of drug-likeness (QED) is 0.507. The van der Waals surface area contributed by atoms with Gasteiger partial charge in [-0.15, -0.1) is 0 Å². The van der Waals surface area contributed by atoms with Gasteiger partial charge in [0.2, 0.25) is 0 Å². The molecule has 72 valence electrons. The molecule has 0 N–H and O–H groups in total. The minimum atomic E-state index is -0.961. The third-order valence-corrected chi connectivity index (χ3v) is 0.908. The van der Waals surface area contributed by atoms with Gasteiger partial charge >= 0.3 is 10.1 Å². The zero-order valence-electron chi connectivity index (χ0n) is 8.17. The smallest absolute Gasteiger partial charge is 0.550 e. The molecule has 0 saturated carbocycles. The van der Waals surface area contributed by atoms with Crippen molar-refractivity contribution < 1.29 is 19.8 Å². The molecule has 0 aliphatic carbocycles. The molecular weight excluding hydrogens is 169 g/mol. The van der Waals surface area contributed by atoms with Crippen LogP contribution in [0.1, 0.15) is 39.5 Å². The number of carboxylic acids is 2. The Labute approximate surface area is 82.2 Å². The molecule has 0 amide bonds. The summed E-state index contributed by atoms with van der Waals surface area (Å²) in [5.41, 5.74) is 0. The van der Waals surface area contributed by atoms with Gasteiger partial charge in [0.05, 0.1) is 0 Å². The van der Waals surface area contributed by atoms with Crippen molar-refractivity contribution in [2.24, 2.45) is 0 Å². The Morgan fingerprint density at radius 2 is 1.15 bits per heavy atom. The summed E-state index contributed by atoms with van der Waals surface area (Å²) in [6.45, 7) is 3.60. The molecule has 0 aromatic heterocycles. The Morgan fingerprint density at radius 3 is 1.15 bits per heavy atom. The Kier molecular flexibility index (Phi) is 19.0. The summed E-state index contributed by atoms with van der Waals surface area (Å²) in [6.07, 6.45) is 1.70. The molecule has 0 radical (unpaired) electrons. The summed E-state index contributed by atoms with van der Waals surface area (Å²) < 4.78 is 0. The van der Waals surface area contributed by atoms with E-state index < -0.39 is 11.9 Å². The molecule has 0 aromatic rings. The predicted molar refractivity (Wildman–Crippen MR) is 45.6 cm³/mol. The zero-order chi connectivity index (χ0) is 9.98. The van der Waals surface area contributed by atoms with E-state index in [1.165, 1.54) is 0 Å². The van der Waals surface area contributed by atoms with Crippen LogP contribution in [0.4, 0.5) is 0 Å². The summed E-state index contributed by atoms with van der Waals surface area (Å²) in [5.74, 6) is -1.92. The summed E-state index contributed by atoms with van der Waals surface area (Å²) in [5, 5.41) is 19.0. The van der Waals surface area contributed by atoms with Crippen LogP contribution in [0, 0.1) is 0 Å². The van der Waals surface area contributed by atoms with Gasteiger partial charge in [-0.3, -0.25) is 0 Å².